The fraction of sp³-hybridized carbons (Fsp3) is 0.500. The molecule has 0 radical (unpaired) electrons. The predicted octanol–water partition coefficient (Wildman–Crippen LogP) is 2.05. The molecule has 0 spiro atoms. The first-order valence-corrected chi connectivity index (χ1v) is 10.4. The summed E-state index contributed by atoms with van der Waals surface area (Å²) in [6.07, 6.45) is 5.42. The number of nitrogens with zero attached hydrogens (tertiary/aromatic N) is 3. The van der Waals surface area contributed by atoms with Crippen LogP contribution in [-0.2, 0) is 24.2 Å². The van der Waals surface area contributed by atoms with Crippen molar-refractivity contribution in [3.05, 3.63) is 47.0 Å². The van der Waals surface area contributed by atoms with Crippen LogP contribution in [0.5, 0.6) is 11.5 Å². The summed E-state index contributed by atoms with van der Waals surface area (Å²) in [7, 11) is 1.65. The molecule has 4 heterocycles. The van der Waals surface area contributed by atoms with E-state index in [-0.39, 0.29) is 17.9 Å². The molecule has 152 valence electrons. The van der Waals surface area contributed by atoms with E-state index in [2.05, 4.69) is 10.3 Å². The third-order valence-corrected chi connectivity index (χ3v) is 6.18. The zero-order valence-electron chi connectivity index (χ0n) is 16.7. The fourth-order valence-electron chi connectivity index (χ4n) is 4.60. The monoisotopic (exact) mass is 394 g/mol. The van der Waals surface area contributed by atoms with E-state index in [1.165, 1.54) is 5.56 Å². The SMILES string of the molecule is COc1ccc2c(c1)C[C@H](C(=O)N1CCC[C@@H]1c1ncc3c(n1)CCNC3)CO2. The lowest BCUT2D eigenvalue weighted by Gasteiger charge is -2.31. The average Bonchev–Trinajstić information content (AvgIpc) is 3.27. The van der Waals surface area contributed by atoms with Gasteiger partial charge in [-0.25, -0.2) is 9.97 Å². The normalized spacial score (nSPS) is 23.1. The van der Waals surface area contributed by atoms with Crippen LogP contribution in [0.3, 0.4) is 0 Å². The molecule has 2 aromatic rings. The number of carbonyl (C=O) groups excluding carboxylic acids is 1. The predicted molar refractivity (Wildman–Crippen MR) is 107 cm³/mol. The molecule has 7 nitrogen and oxygen atoms in total. The van der Waals surface area contributed by atoms with Crippen LogP contribution in [0.1, 0.15) is 41.5 Å². The second-order valence-corrected chi connectivity index (χ2v) is 8.00. The van der Waals surface area contributed by atoms with Crippen LogP contribution in [0.25, 0.3) is 0 Å². The lowest BCUT2D eigenvalue weighted by atomic mass is 9.95. The summed E-state index contributed by atoms with van der Waals surface area (Å²) in [5.41, 5.74) is 3.32. The molecule has 1 amide bonds. The minimum Gasteiger partial charge on any atom is -0.497 e. The van der Waals surface area contributed by atoms with E-state index in [4.69, 9.17) is 14.5 Å². The van der Waals surface area contributed by atoms with Gasteiger partial charge in [-0.1, -0.05) is 0 Å². The van der Waals surface area contributed by atoms with E-state index >= 15 is 0 Å². The second-order valence-electron chi connectivity index (χ2n) is 8.00. The molecular formula is C22H26N4O3. The summed E-state index contributed by atoms with van der Waals surface area (Å²) in [6, 6.07) is 5.75. The van der Waals surface area contributed by atoms with Crippen LogP contribution in [0.4, 0.5) is 0 Å². The molecule has 7 heteroatoms. The molecule has 0 unspecified atom stereocenters. The van der Waals surface area contributed by atoms with Crippen molar-refractivity contribution in [3.8, 4) is 11.5 Å². The molecular weight excluding hydrogens is 368 g/mol. The number of ether oxygens (including phenoxy) is 2. The average molecular weight is 394 g/mol. The third kappa shape index (κ3) is 3.44. The van der Waals surface area contributed by atoms with Crippen LogP contribution >= 0.6 is 0 Å². The molecule has 0 saturated carbocycles. The maximum absolute atomic E-state index is 13.4. The van der Waals surface area contributed by atoms with Crippen molar-refractivity contribution in [2.75, 3.05) is 26.8 Å². The molecule has 3 aliphatic heterocycles. The summed E-state index contributed by atoms with van der Waals surface area (Å²) in [5, 5.41) is 3.35. The first-order chi connectivity index (χ1) is 14.2. The van der Waals surface area contributed by atoms with Crippen molar-refractivity contribution in [3.63, 3.8) is 0 Å². The Kier molecular flexibility index (Phi) is 4.83. The Hall–Kier alpha value is -2.67. The van der Waals surface area contributed by atoms with Crippen LogP contribution in [0.15, 0.2) is 24.4 Å². The van der Waals surface area contributed by atoms with Gasteiger partial charge >= 0.3 is 0 Å². The molecule has 29 heavy (non-hydrogen) atoms. The quantitative estimate of drug-likeness (QED) is 0.859. The number of methoxy groups -OCH3 is 1. The Morgan fingerprint density at radius 3 is 3.17 bits per heavy atom. The Bertz CT molecular complexity index is 932. The number of carbonyl (C=O) groups is 1. The fourth-order valence-corrected chi connectivity index (χ4v) is 4.60. The van der Waals surface area contributed by atoms with Crippen molar-refractivity contribution in [1.29, 1.82) is 0 Å². The molecule has 1 fully saturated rings. The summed E-state index contributed by atoms with van der Waals surface area (Å²) < 4.78 is 11.2. The first kappa shape index (κ1) is 18.4. The van der Waals surface area contributed by atoms with Gasteiger partial charge in [-0.15, -0.1) is 0 Å². The highest BCUT2D eigenvalue weighted by molar-refractivity contribution is 5.80. The van der Waals surface area contributed by atoms with Gasteiger partial charge in [-0.3, -0.25) is 4.79 Å². The zero-order valence-corrected chi connectivity index (χ0v) is 16.7. The Morgan fingerprint density at radius 1 is 1.34 bits per heavy atom. The maximum Gasteiger partial charge on any atom is 0.230 e. The number of amides is 1. The van der Waals surface area contributed by atoms with Gasteiger partial charge < -0.3 is 19.7 Å². The van der Waals surface area contributed by atoms with E-state index in [0.717, 1.165) is 67.5 Å². The number of nitrogens with one attached hydrogen (secondary N) is 1. The van der Waals surface area contributed by atoms with Crippen LogP contribution in [0.2, 0.25) is 0 Å². The number of rotatable bonds is 3. The zero-order chi connectivity index (χ0) is 19.8. The molecule has 1 aromatic heterocycles. The molecule has 1 N–H and O–H groups in total. The Labute approximate surface area is 170 Å². The highest BCUT2D eigenvalue weighted by Crippen LogP contribution is 2.35. The molecule has 0 aliphatic carbocycles. The van der Waals surface area contributed by atoms with Gasteiger partial charge in [0.2, 0.25) is 5.91 Å². The number of benzene rings is 1. The molecule has 1 aromatic carbocycles. The number of hydrogen-bond donors (Lipinski definition) is 1. The first-order valence-electron chi connectivity index (χ1n) is 10.4. The smallest absolute Gasteiger partial charge is 0.230 e. The number of hydrogen-bond acceptors (Lipinski definition) is 6. The van der Waals surface area contributed by atoms with Crippen molar-refractivity contribution >= 4 is 5.91 Å². The van der Waals surface area contributed by atoms with E-state index in [9.17, 15) is 4.79 Å². The van der Waals surface area contributed by atoms with Gasteiger partial charge in [0.1, 0.15) is 18.1 Å². The van der Waals surface area contributed by atoms with Crippen molar-refractivity contribution in [2.24, 2.45) is 5.92 Å². The van der Waals surface area contributed by atoms with Crippen molar-refractivity contribution < 1.29 is 14.3 Å². The van der Waals surface area contributed by atoms with Crippen molar-refractivity contribution in [1.82, 2.24) is 20.2 Å². The van der Waals surface area contributed by atoms with E-state index in [1.54, 1.807) is 7.11 Å². The minimum atomic E-state index is -0.183. The van der Waals surface area contributed by atoms with E-state index in [1.807, 2.05) is 29.3 Å². The number of fused-ring (bicyclic) bond motifs is 2. The van der Waals surface area contributed by atoms with Gasteiger partial charge in [0.05, 0.1) is 19.1 Å². The van der Waals surface area contributed by atoms with Crippen molar-refractivity contribution in [2.45, 2.75) is 38.3 Å². The number of aromatic nitrogens is 2. The van der Waals surface area contributed by atoms with Gasteiger partial charge in [-0.2, -0.15) is 0 Å². The molecule has 5 rings (SSSR count). The highest BCUT2D eigenvalue weighted by Gasteiger charge is 2.37. The summed E-state index contributed by atoms with van der Waals surface area (Å²) >= 11 is 0. The second kappa shape index (κ2) is 7.63. The van der Waals surface area contributed by atoms with Crippen LogP contribution in [0, 0.1) is 5.92 Å². The lowest BCUT2D eigenvalue weighted by Crippen LogP contribution is -2.41. The molecule has 2 atom stereocenters. The Morgan fingerprint density at radius 2 is 2.28 bits per heavy atom. The standard InChI is InChI=1S/C22H26N4O3/c1-28-17-4-5-20-14(10-17)9-15(13-29-20)22(27)26-8-2-3-19(26)21-24-12-16-11-23-7-6-18(16)25-21/h4-5,10,12,15,19,23H,2-3,6-9,11,13H2,1H3/t15-,19+/m0/s1. The highest BCUT2D eigenvalue weighted by atomic mass is 16.5. The summed E-state index contributed by atoms with van der Waals surface area (Å²) in [6.45, 7) is 2.94. The summed E-state index contributed by atoms with van der Waals surface area (Å²) in [5.74, 6) is 2.38. The van der Waals surface area contributed by atoms with Crippen LogP contribution in [-0.4, -0.2) is 47.6 Å². The lowest BCUT2D eigenvalue weighted by molar-refractivity contribution is -0.138. The van der Waals surface area contributed by atoms with Gasteiger partial charge in [-0.05, 0) is 43.0 Å². The third-order valence-electron chi connectivity index (χ3n) is 6.18. The van der Waals surface area contributed by atoms with E-state index < -0.39 is 0 Å². The number of likely N-dealkylation sites (tertiary alicyclic amines) is 1. The Balaban J connectivity index is 1.35. The van der Waals surface area contributed by atoms with Crippen LogP contribution < -0.4 is 14.8 Å². The van der Waals surface area contributed by atoms with Gasteiger partial charge in [0.15, 0.2) is 5.82 Å². The molecule has 3 aliphatic rings. The largest absolute Gasteiger partial charge is 0.497 e. The molecule has 1 saturated heterocycles. The molecule has 0 bridgehead atoms. The van der Waals surface area contributed by atoms with E-state index in [0.29, 0.717) is 13.0 Å². The van der Waals surface area contributed by atoms with Gasteiger partial charge in [0, 0.05) is 43.5 Å². The maximum atomic E-state index is 13.4. The topological polar surface area (TPSA) is 76.6 Å². The minimum absolute atomic E-state index is 0.0330. The van der Waals surface area contributed by atoms with Gasteiger partial charge in [0.25, 0.3) is 0 Å². The summed E-state index contributed by atoms with van der Waals surface area (Å²) in [4.78, 5) is 24.8.